The highest BCUT2D eigenvalue weighted by Crippen LogP contribution is 1.90. The summed E-state index contributed by atoms with van der Waals surface area (Å²) in [7, 11) is 0. The first kappa shape index (κ1) is 12.7. The van der Waals surface area contributed by atoms with Crippen LogP contribution in [0.15, 0.2) is 0 Å². The van der Waals surface area contributed by atoms with Gasteiger partial charge in [0.1, 0.15) is 6.61 Å². The van der Waals surface area contributed by atoms with Crippen molar-refractivity contribution in [3.05, 3.63) is 0 Å². The second-order valence-electron chi connectivity index (χ2n) is 2.41. The highest BCUT2D eigenvalue weighted by molar-refractivity contribution is 4.45. The molecule has 80 valence electrons. The van der Waals surface area contributed by atoms with Crippen molar-refractivity contribution in [2.24, 2.45) is 0 Å². The van der Waals surface area contributed by atoms with Gasteiger partial charge in [-0.05, 0) is 6.92 Å². The molecule has 0 radical (unpaired) electrons. The van der Waals surface area contributed by atoms with Crippen molar-refractivity contribution in [2.75, 3.05) is 39.5 Å². The number of rotatable bonds is 9. The molecule has 0 aromatic rings. The Morgan fingerprint density at radius 3 is 2.31 bits per heavy atom. The third-order valence-corrected chi connectivity index (χ3v) is 1.29. The van der Waals surface area contributed by atoms with E-state index in [1.807, 2.05) is 6.92 Å². The SMILES string of the molecule is CCOCCNCCOCC(F)F. The van der Waals surface area contributed by atoms with Crippen LogP contribution < -0.4 is 5.32 Å². The smallest absolute Gasteiger partial charge is 0.261 e. The fraction of sp³-hybridized carbons (Fsp3) is 1.00. The molecule has 0 aromatic heterocycles. The van der Waals surface area contributed by atoms with Gasteiger partial charge in [-0.1, -0.05) is 0 Å². The lowest BCUT2D eigenvalue weighted by Gasteiger charge is -2.05. The van der Waals surface area contributed by atoms with Crippen LogP contribution in [0.4, 0.5) is 8.78 Å². The largest absolute Gasteiger partial charge is 0.380 e. The van der Waals surface area contributed by atoms with Gasteiger partial charge in [0.25, 0.3) is 6.43 Å². The summed E-state index contributed by atoms with van der Waals surface area (Å²) in [6, 6.07) is 0. The van der Waals surface area contributed by atoms with Gasteiger partial charge in [-0.3, -0.25) is 0 Å². The van der Waals surface area contributed by atoms with E-state index in [4.69, 9.17) is 4.74 Å². The van der Waals surface area contributed by atoms with Crippen LogP contribution in [0.25, 0.3) is 0 Å². The van der Waals surface area contributed by atoms with Crippen molar-refractivity contribution >= 4 is 0 Å². The van der Waals surface area contributed by atoms with Gasteiger partial charge in [0.15, 0.2) is 0 Å². The maximum Gasteiger partial charge on any atom is 0.261 e. The summed E-state index contributed by atoms with van der Waals surface area (Å²) in [5.74, 6) is 0. The first-order valence-electron chi connectivity index (χ1n) is 4.41. The predicted molar refractivity (Wildman–Crippen MR) is 46.2 cm³/mol. The minimum absolute atomic E-state index is 0.316. The van der Waals surface area contributed by atoms with Gasteiger partial charge in [-0.15, -0.1) is 0 Å². The molecular formula is C8H17F2NO2. The molecule has 0 fully saturated rings. The Labute approximate surface area is 77.4 Å². The van der Waals surface area contributed by atoms with Gasteiger partial charge in [0.05, 0.1) is 13.2 Å². The summed E-state index contributed by atoms with van der Waals surface area (Å²) in [5, 5.41) is 3.00. The first-order chi connectivity index (χ1) is 6.27. The molecule has 13 heavy (non-hydrogen) atoms. The van der Waals surface area contributed by atoms with Gasteiger partial charge in [-0.2, -0.15) is 0 Å². The van der Waals surface area contributed by atoms with Crippen LogP contribution in [0.3, 0.4) is 0 Å². The lowest BCUT2D eigenvalue weighted by Crippen LogP contribution is -2.24. The third kappa shape index (κ3) is 11.7. The van der Waals surface area contributed by atoms with Crippen LogP contribution >= 0.6 is 0 Å². The first-order valence-corrected chi connectivity index (χ1v) is 4.41. The molecule has 0 spiro atoms. The normalized spacial score (nSPS) is 11.1. The minimum Gasteiger partial charge on any atom is -0.380 e. The van der Waals surface area contributed by atoms with Gasteiger partial charge in [-0.25, -0.2) is 8.78 Å². The van der Waals surface area contributed by atoms with E-state index in [0.29, 0.717) is 26.4 Å². The molecule has 0 atom stereocenters. The van der Waals surface area contributed by atoms with Crippen LogP contribution in [-0.4, -0.2) is 45.9 Å². The van der Waals surface area contributed by atoms with E-state index < -0.39 is 13.0 Å². The summed E-state index contributed by atoms with van der Waals surface area (Å²) in [5.41, 5.74) is 0. The fourth-order valence-electron chi connectivity index (χ4n) is 0.730. The molecule has 0 aliphatic carbocycles. The quantitative estimate of drug-likeness (QED) is 0.557. The Hall–Kier alpha value is -0.260. The number of hydrogen-bond acceptors (Lipinski definition) is 3. The molecule has 0 bridgehead atoms. The Bertz CT molecular complexity index is 104. The van der Waals surface area contributed by atoms with E-state index >= 15 is 0 Å². The van der Waals surface area contributed by atoms with Crippen LogP contribution in [0.1, 0.15) is 6.92 Å². The highest BCUT2D eigenvalue weighted by Gasteiger charge is 2.00. The molecule has 0 amide bonds. The maximum atomic E-state index is 11.5. The Kier molecular flexibility index (Phi) is 9.63. The zero-order valence-electron chi connectivity index (χ0n) is 7.89. The number of ether oxygens (including phenoxy) is 2. The van der Waals surface area contributed by atoms with Crippen molar-refractivity contribution in [3.63, 3.8) is 0 Å². The van der Waals surface area contributed by atoms with E-state index in [-0.39, 0.29) is 0 Å². The van der Waals surface area contributed by atoms with Crippen LogP contribution in [0.5, 0.6) is 0 Å². The standard InChI is InChI=1S/C8H17F2NO2/c1-2-12-5-3-11-4-6-13-7-8(9)10/h8,11H,2-7H2,1H3. The number of hydrogen-bond donors (Lipinski definition) is 1. The summed E-state index contributed by atoms with van der Waals surface area (Å²) in [6.45, 7) is 4.41. The zero-order valence-corrected chi connectivity index (χ0v) is 7.89. The summed E-state index contributed by atoms with van der Waals surface area (Å²) in [4.78, 5) is 0. The maximum absolute atomic E-state index is 11.5. The molecule has 3 nitrogen and oxygen atoms in total. The zero-order chi connectivity index (χ0) is 9.94. The van der Waals surface area contributed by atoms with Gasteiger partial charge in [0, 0.05) is 19.7 Å². The van der Waals surface area contributed by atoms with E-state index in [1.165, 1.54) is 0 Å². The number of nitrogens with one attached hydrogen (secondary N) is 1. The molecule has 0 rings (SSSR count). The van der Waals surface area contributed by atoms with Crippen molar-refractivity contribution in [3.8, 4) is 0 Å². The van der Waals surface area contributed by atoms with Crippen molar-refractivity contribution in [2.45, 2.75) is 13.3 Å². The third-order valence-electron chi connectivity index (χ3n) is 1.29. The van der Waals surface area contributed by atoms with Crippen LogP contribution in [0.2, 0.25) is 0 Å². The molecule has 1 N–H and O–H groups in total. The van der Waals surface area contributed by atoms with Crippen molar-refractivity contribution in [1.82, 2.24) is 5.32 Å². The van der Waals surface area contributed by atoms with Crippen LogP contribution in [0, 0.1) is 0 Å². The molecule has 0 unspecified atom stereocenters. The second-order valence-corrected chi connectivity index (χ2v) is 2.41. The Balaban J connectivity index is 2.84. The van der Waals surface area contributed by atoms with Gasteiger partial charge < -0.3 is 14.8 Å². The lowest BCUT2D eigenvalue weighted by molar-refractivity contribution is 0.0183. The van der Waals surface area contributed by atoms with E-state index in [9.17, 15) is 8.78 Å². The minimum atomic E-state index is -2.37. The molecular weight excluding hydrogens is 180 g/mol. The van der Waals surface area contributed by atoms with Crippen molar-refractivity contribution in [1.29, 1.82) is 0 Å². The van der Waals surface area contributed by atoms with E-state index in [1.54, 1.807) is 0 Å². The molecule has 5 heteroatoms. The van der Waals surface area contributed by atoms with E-state index in [2.05, 4.69) is 10.1 Å². The summed E-state index contributed by atoms with van der Waals surface area (Å²) in [6.07, 6.45) is -2.37. The highest BCUT2D eigenvalue weighted by atomic mass is 19.3. The predicted octanol–water partition coefficient (Wildman–Crippen LogP) is 0.894. The topological polar surface area (TPSA) is 30.5 Å². The van der Waals surface area contributed by atoms with Crippen molar-refractivity contribution < 1.29 is 18.3 Å². The molecule has 0 heterocycles. The fourth-order valence-corrected chi connectivity index (χ4v) is 0.730. The molecule has 0 saturated heterocycles. The van der Waals surface area contributed by atoms with Gasteiger partial charge >= 0.3 is 0 Å². The molecule has 0 aliphatic rings. The summed E-state index contributed by atoms with van der Waals surface area (Å²) >= 11 is 0. The molecule has 0 saturated carbocycles. The summed E-state index contributed by atoms with van der Waals surface area (Å²) < 4.78 is 32.8. The van der Waals surface area contributed by atoms with Crippen LogP contribution in [-0.2, 0) is 9.47 Å². The molecule has 0 aromatic carbocycles. The van der Waals surface area contributed by atoms with Gasteiger partial charge in [0.2, 0.25) is 0 Å². The Morgan fingerprint density at radius 2 is 1.77 bits per heavy atom. The molecule has 0 aliphatic heterocycles. The number of halogens is 2. The average molecular weight is 197 g/mol. The monoisotopic (exact) mass is 197 g/mol. The van der Waals surface area contributed by atoms with E-state index in [0.717, 1.165) is 6.54 Å². The second kappa shape index (κ2) is 9.83. The lowest BCUT2D eigenvalue weighted by atomic mass is 10.6. The Morgan fingerprint density at radius 1 is 1.15 bits per heavy atom. The average Bonchev–Trinajstić information content (AvgIpc) is 2.09. The number of alkyl halides is 2.